The van der Waals surface area contributed by atoms with Crippen LogP contribution in [0.5, 0.6) is 5.75 Å². The summed E-state index contributed by atoms with van der Waals surface area (Å²) in [4.78, 5) is 7.86. The SMILES string of the molecule is ClCCOc1ccc(-c2nc3ccccc3[nH]2)cc1. The van der Waals surface area contributed by atoms with Crippen molar-refractivity contribution in [2.75, 3.05) is 12.5 Å². The Morgan fingerprint density at radius 2 is 1.84 bits per heavy atom. The van der Waals surface area contributed by atoms with Gasteiger partial charge in [-0.3, -0.25) is 0 Å². The van der Waals surface area contributed by atoms with Gasteiger partial charge in [-0.1, -0.05) is 12.1 Å². The van der Waals surface area contributed by atoms with Crippen molar-refractivity contribution in [3.8, 4) is 17.1 Å². The molecule has 0 amide bonds. The van der Waals surface area contributed by atoms with E-state index in [1.54, 1.807) is 0 Å². The van der Waals surface area contributed by atoms with Gasteiger partial charge in [0.1, 0.15) is 18.2 Å². The molecule has 0 unspecified atom stereocenters. The van der Waals surface area contributed by atoms with E-state index in [9.17, 15) is 0 Å². The smallest absolute Gasteiger partial charge is 0.138 e. The third kappa shape index (κ3) is 2.56. The van der Waals surface area contributed by atoms with Gasteiger partial charge in [0.05, 0.1) is 16.9 Å². The lowest BCUT2D eigenvalue weighted by Gasteiger charge is -2.04. The highest BCUT2D eigenvalue weighted by molar-refractivity contribution is 6.18. The predicted molar refractivity (Wildman–Crippen MR) is 77.7 cm³/mol. The van der Waals surface area contributed by atoms with Crippen LogP contribution in [0.25, 0.3) is 22.4 Å². The molecule has 0 radical (unpaired) electrons. The number of imidazole rings is 1. The maximum Gasteiger partial charge on any atom is 0.138 e. The Morgan fingerprint density at radius 3 is 2.58 bits per heavy atom. The summed E-state index contributed by atoms with van der Waals surface area (Å²) >= 11 is 5.58. The van der Waals surface area contributed by atoms with E-state index in [0.717, 1.165) is 28.2 Å². The fourth-order valence-electron chi connectivity index (χ4n) is 1.95. The minimum atomic E-state index is 0.491. The first-order valence-corrected chi connectivity index (χ1v) is 6.64. The lowest BCUT2D eigenvalue weighted by molar-refractivity contribution is 0.343. The van der Waals surface area contributed by atoms with E-state index in [0.29, 0.717) is 12.5 Å². The molecular weight excluding hydrogens is 260 g/mol. The van der Waals surface area contributed by atoms with E-state index in [2.05, 4.69) is 9.97 Å². The van der Waals surface area contributed by atoms with Crippen LogP contribution in [-0.2, 0) is 0 Å². The zero-order valence-corrected chi connectivity index (χ0v) is 11.0. The number of nitrogens with zero attached hydrogens (tertiary/aromatic N) is 1. The van der Waals surface area contributed by atoms with Crippen LogP contribution in [0.2, 0.25) is 0 Å². The van der Waals surface area contributed by atoms with E-state index in [1.165, 1.54) is 0 Å². The Kier molecular flexibility index (Phi) is 3.38. The molecule has 96 valence electrons. The first kappa shape index (κ1) is 12.1. The molecule has 4 heteroatoms. The van der Waals surface area contributed by atoms with Gasteiger partial charge in [0.15, 0.2) is 0 Å². The number of nitrogens with one attached hydrogen (secondary N) is 1. The van der Waals surface area contributed by atoms with E-state index in [-0.39, 0.29) is 0 Å². The van der Waals surface area contributed by atoms with Gasteiger partial charge in [-0.15, -0.1) is 11.6 Å². The van der Waals surface area contributed by atoms with Crippen molar-refractivity contribution in [3.05, 3.63) is 48.5 Å². The molecule has 1 N–H and O–H groups in total. The van der Waals surface area contributed by atoms with Crippen LogP contribution in [0.3, 0.4) is 0 Å². The van der Waals surface area contributed by atoms with E-state index < -0.39 is 0 Å². The van der Waals surface area contributed by atoms with Gasteiger partial charge in [0.25, 0.3) is 0 Å². The van der Waals surface area contributed by atoms with Gasteiger partial charge in [-0.2, -0.15) is 0 Å². The summed E-state index contributed by atoms with van der Waals surface area (Å²) in [6, 6.07) is 15.8. The van der Waals surface area contributed by atoms with Crippen LogP contribution in [0, 0.1) is 0 Å². The van der Waals surface area contributed by atoms with Crippen molar-refractivity contribution >= 4 is 22.6 Å². The summed E-state index contributed by atoms with van der Waals surface area (Å²) in [6.45, 7) is 0.519. The van der Waals surface area contributed by atoms with Crippen molar-refractivity contribution in [2.45, 2.75) is 0 Å². The molecule has 0 bridgehead atoms. The monoisotopic (exact) mass is 272 g/mol. The molecule has 1 aromatic heterocycles. The zero-order valence-electron chi connectivity index (χ0n) is 10.3. The van der Waals surface area contributed by atoms with Crippen molar-refractivity contribution in [1.29, 1.82) is 0 Å². The van der Waals surface area contributed by atoms with Crippen LogP contribution in [0.15, 0.2) is 48.5 Å². The number of rotatable bonds is 4. The van der Waals surface area contributed by atoms with Crippen molar-refractivity contribution in [3.63, 3.8) is 0 Å². The topological polar surface area (TPSA) is 37.9 Å². The quantitative estimate of drug-likeness (QED) is 0.733. The molecule has 0 spiro atoms. The number of fused-ring (bicyclic) bond motifs is 1. The second-order valence-corrected chi connectivity index (χ2v) is 4.54. The van der Waals surface area contributed by atoms with E-state index >= 15 is 0 Å². The molecule has 0 atom stereocenters. The molecular formula is C15H13ClN2O. The fourth-order valence-corrected chi connectivity index (χ4v) is 2.03. The maximum absolute atomic E-state index is 5.58. The standard InChI is InChI=1S/C15H13ClN2O/c16-9-10-19-12-7-5-11(6-8-12)15-17-13-3-1-2-4-14(13)18-15/h1-8H,9-10H2,(H,17,18). The maximum atomic E-state index is 5.58. The van der Waals surface area contributed by atoms with E-state index in [4.69, 9.17) is 16.3 Å². The van der Waals surface area contributed by atoms with E-state index in [1.807, 2.05) is 48.5 Å². The number of benzene rings is 2. The average molecular weight is 273 g/mol. The fraction of sp³-hybridized carbons (Fsp3) is 0.133. The Bertz CT molecular complexity index is 643. The van der Waals surface area contributed by atoms with Gasteiger partial charge in [0, 0.05) is 5.56 Å². The van der Waals surface area contributed by atoms with Crippen LogP contribution < -0.4 is 4.74 Å². The Hall–Kier alpha value is -2.00. The molecule has 0 fully saturated rings. The Labute approximate surface area is 116 Å². The van der Waals surface area contributed by atoms with Gasteiger partial charge in [0.2, 0.25) is 0 Å². The predicted octanol–water partition coefficient (Wildman–Crippen LogP) is 3.85. The van der Waals surface area contributed by atoms with Crippen molar-refractivity contribution in [1.82, 2.24) is 9.97 Å². The minimum absolute atomic E-state index is 0.491. The highest BCUT2D eigenvalue weighted by Gasteiger charge is 2.04. The normalized spacial score (nSPS) is 10.8. The molecule has 3 aromatic rings. The number of halogens is 1. The Morgan fingerprint density at radius 1 is 1.05 bits per heavy atom. The molecule has 0 saturated heterocycles. The largest absolute Gasteiger partial charge is 0.492 e. The first-order chi connectivity index (χ1) is 9.36. The highest BCUT2D eigenvalue weighted by atomic mass is 35.5. The molecule has 0 aliphatic heterocycles. The lowest BCUT2D eigenvalue weighted by atomic mass is 10.2. The molecule has 0 aliphatic carbocycles. The summed E-state index contributed by atoms with van der Waals surface area (Å²) in [6.07, 6.45) is 0. The zero-order chi connectivity index (χ0) is 13.1. The molecule has 1 heterocycles. The molecule has 3 nitrogen and oxygen atoms in total. The number of hydrogen-bond acceptors (Lipinski definition) is 2. The lowest BCUT2D eigenvalue weighted by Crippen LogP contribution is -1.97. The number of H-pyrrole nitrogens is 1. The van der Waals surface area contributed by atoms with Gasteiger partial charge in [-0.25, -0.2) is 4.98 Å². The summed E-state index contributed by atoms with van der Waals surface area (Å²) in [5.41, 5.74) is 3.05. The summed E-state index contributed by atoms with van der Waals surface area (Å²) in [5.74, 6) is 2.18. The number of ether oxygens (including phenoxy) is 1. The number of aromatic amines is 1. The average Bonchev–Trinajstić information content (AvgIpc) is 2.89. The molecule has 3 rings (SSSR count). The number of para-hydroxylation sites is 2. The van der Waals surface area contributed by atoms with Gasteiger partial charge in [-0.05, 0) is 36.4 Å². The van der Waals surface area contributed by atoms with Crippen LogP contribution >= 0.6 is 11.6 Å². The highest BCUT2D eigenvalue weighted by Crippen LogP contribution is 2.22. The van der Waals surface area contributed by atoms with Crippen molar-refractivity contribution < 1.29 is 4.74 Å². The summed E-state index contributed by atoms with van der Waals surface area (Å²) in [7, 11) is 0. The third-order valence-corrected chi connectivity index (χ3v) is 3.02. The number of hydrogen-bond donors (Lipinski definition) is 1. The molecule has 0 saturated carbocycles. The second kappa shape index (κ2) is 5.33. The number of aromatic nitrogens is 2. The molecule has 2 aromatic carbocycles. The minimum Gasteiger partial charge on any atom is -0.492 e. The molecule has 19 heavy (non-hydrogen) atoms. The van der Waals surface area contributed by atoms with Gasteiger partial charge < -0.3 is 9.72 Å². The first-order valence-electron chi connectivity index (χ1n) is 6.11. The van der Waals surface area contributed by atoms with Gasteiger partial charge >= 0.3 is 0 Å². The second-order valence-electron chi connectivity index (χ2n) is 4.16. The molecule has 0 aliphatic rings. The Balaban J connectivity index is 1.88. The number of alkyl halides is 1. The van der Waals surface area contributed by atoms with Crippen LogP contribution in [0.4, 0.5) is 0 Å². The third-order valence-electron chi connectivity index (χ3n) is 2.86. The summed E-state index contributed by atoms with van der Waals surface area (Å²) in [5, 5.41) is 0. The summed E-state index contributed by atoms with van der Waals surface area (Å²) < 4.78 is 5.44. The van der Waals surface area contributed by atoms with Crippen LogP contribution in [0.1, 0.15) is 0 Å². The van der Waals surface area contributed by atoms with Crippen molar-refractivity contribution in [2.24, 2.45) is 0 Å². The van der Waals surface area contributed by atoms with Crippen LogP contribution in [-0.4, -0.2) is 22.5 Å².